The van der Waals surface area contributed by atoms with Gasteiger partial charge in [-0.2, -0.15) is 17.5 Å². The number of aliphatic carboxylic acids is 1. The van der Waals surface area contributed by atoms with Gasteiger partial charge in [0.2, 0.25) is 15.9 Å². The van der Waals surface area contributed by atoms with Crippen molar-refractivity contribution in [3.8, 4) is 0 Å². The molecule has 1 aromatic rings. The minimum absolute atomic E-state index is 0.00471. The van der Waals surface area contributed by atoms with Crippen molar-refractivity contribution in [2.24, 2.45) is 5.92 Å². The van der Waals surface area contributed by atoms with E-state index in [4.69, 9.17) is 9.90 Å². The Kier molecular flexibility index (Phi) is 11.8. The highest BCUT2D eigenvalue weighted by Gasteiger charge is 2.38. The highest BCUT2D eigenvalue weighted by atomic mass is 32.2. The van der Waals surface area contributed by atoms with Crippen LogP contribution in [-0.4, -0.2) is 79.5 Å². The highest BCUT2D eigenvalue weighted by Crippen LogP contribution is 2.28. The maximum Gasteiger partial charge on any atom is 0.490 e. The van der Waals surface area contributed by atoms with Crippen LogP contribution in [0.15, 0.2) is 29.2 Å². The number of benzene rings is 1. The van der Waals surface area contributed by atoms with Gasteiger partial charge in [0.05, 0.1) is 4.90 Å². The lowest BCUT2D eigenvalue weighted by molar-refractivity contribution is -0.192. The Morgan fingerprint density at radius 3 is 2.11 bits per heavy atom. The van der Waals surface area contributed by atoms with Gasteiger partial charge in [-0.3, -0.25) is 4.79 Å². The third kappa shape index (κ3) is 9.90. The van der Waals surface area contributed by atoms with Crippen LogP contribution >= 0.6 is 0 Å². The summed E-state index contributed by atoms with van der Waals surface area (Å²) in [4.78, 5) is 23.8. The SMILES string of the molecule is CC(C)Cc1ccc(S(=O)(=O)N(CCC(=O)N2CCNCC2)C2CCCCC2)cc1.O=C(O)C(F)(F)F. The third-order valence-electron chi connectivity index (χ3n) is 6.41. The monoisotopic (exact) mass is 549 g/mol. The van der Waals surface area contributed by atoms with Gasteiger partial charge in [0, 0.05) is 45.2 Å². The van der Waals surface area contributed by atoms with E-state index < -0.39 is 22.2 Å². The molecule has 0 unspecified atom stereocenters. The van der Waals surface area contributed by atoms with E-state index in [0.29, 0.717) is 23.9 Å². The predicted molar refractivity (Wildman–Crippen MR) is 134 cm³/mol. The molecule has 0 aromatic heterocycles. The van der Waals surface area contributed by atoms with Crippen molar-refractivity contribution in [1.29, 1.82) is 0 Å². The molecule has 210 valence electrons. The molecule has 1 aliphatic carbocycles. The van der Waals surface area contributed by atoms with Crippen molar-refractivity contribution in [2.45, 2.75) is 75.9 Å². The Labute approximate surface area is 217 Å². The number of hydrogen-bond acceptors (Lipinski definition) is 5. The zero-order chi connectivity index (χ0) is 27.6. The van der Waals surface area contributed by atoms with Crippen LogP contribution in [0.1, 0.15) is 57.9 Å². The first-order chi connectivity index (χ1) is 17.3. The second-order valence-corrected chi connectivity index (χ2v) is 11.7. The molecule has 0 bridgehead atoms. The second kappa shape index (κ2) is 14.1. The lowest BCUT2D eigenvalue weighted by Gasteiger charge is -2.34. The summed E-state index contributed by atoms with van der Waals surface area (Å²) in [5, 5.41) is 10.4. The number of carboxylic acid groups (broad SMARTS) is 1. The number of amides is 1. The van der Waals surface area contributed by atoms with Crippen LogP contribution in [0.3, 0.4) is 0 Å². The molecule has 2 fully saturated rings. The third-order valence-corrected chi connectivity index (χ3v) is 8.38. The summed E-state index contributed by atoms with van der Waals surface area (Å²) in [5.74, 6) is -2.17. The standard InChI is InChI=1S/C23H37N3O3S.C2HF3O2/c1-19(2)18-20-8-10-22(11-9-20)30(28,29)26(21-6-4-3-5-7-21)15-12-23(27)25-16-13-24-14-17-25;3-2(4,5)1(6)7/h8-11,19,21,24H,3-7,12-18H2,1-2H3;(H,6,7). The molecule has 2 N–H and O–H groups in total. The van der Waals surface area contributed by atoms with E-state index in [1.54, 1.807) is 16.4 Å². The Morgan fingerprint density at radius 2 is 1.62 bits per heavy atom. The zero-order valence-electron chi connectivity index (χ0n) is 21.5. The number of carbonyl (C=O) groups is 2. The van der Waals surface area contributed by atoms with Crippen molar-refractivity contribution in [3.63, 3.8) is 0 Å². The first-order valence-electron chi connectivity index (χ1n) is 12.7. The molecule has 0 spiro atoms. The summed E-state index contributed by atoms with van der Waals surface area (Å²) < 4.78 is 60.5. The molecule has 1 amide bonds. The van der Waals surface area contributed by atoms with Crippen LogP contribution in [0, 0.1) is 5.92 Å². The van der Waals surface area contributed by atoms with Crippen LogP contribution in [0.25, 0.3) is 0 Å². The Balaban J connectivity index is 0.000000604. The van der Waals surface area contributed by atoms with Crippen molar-refractivity contribution < 1.29 is 36.3 Å². The molecule has 1 heterocycles. The maximum absolute atomic E-state index is 13.5. The van der Waals surface area contributed by atoms with Gasteiger partial charge in [0.1, 0.15) is 0 Å². The summed E-state index contributed by atoms with van der Waals surface area (Å²) in [6, 6.07) is 7.33. The first kappa shape index (κ1) is 31.0. The number of hydrogen-bond donors (Lipinski definition) is 2. The molecule has 8 nitrogen and oxygen atoms in total. The van der Waals surface area contributed by atoms with Crippen molar-refractivity contribution >= 4 is 21.9 Å². The van der Waals surface area contributed by atoms with Crippen LogP contribution in [0.5, 0.6) is 0 Å². The number of alkyl halides is 3. The van der Waals surface area contributed by atoms with Crippen LogP contribution in [0.4, 0.5) is 13.2 Å². The molecular weight excluding hydrogens is 511 g/mol. The van der Waals surface area contributed by atoms with Crippen LogP contribution in [0.2, 0.25) is 0 Å². The molecule has 0 radical (unpaired) electrons. The minimum Gasteiger partial charge on any atom is -0.475 e. The number of nitrogens with one attached hydrogen (secondary N) is 1. The van der Waals surface area contributed by atoms with E-state index in [1.807, 2.05) is 17.0 Å². The Hall–Kier alpha value is -2.18. The molecular formula is C25H38F3N3O5S. The first-order valence-corrected chi connectivity index (χ1v) is 14.2. The smallest absolute Gasteiger partial charge is 0.475 e. The number of carbonyl (C=O) groups excluding carboxylic acids is 1. The van der Waals surface area contributed by atoms with Gasteiger partial charge in [0.25, 0.3) is 0 Å². The molecule has 1 saturated heterocycles. The zero-order valence-corrected chi connectivity index (χ0v) is 22.3. The molecule has 1 saturated carbocycles. The predicted octanol–water partition coefficient (Wildman–Crippen LogP) is 3.66. The van der Waals surface area contributed by atoms with E-state index >= 15 is 0 Å². The normalized spacial score (nSPS) is 17.4. The van der Waals surface area contributed by atoms with Gasteiger partial charge in [-0.1, -0.05) is 45.2 Å². The Morgan fingerprint density at radius 1 is 1.08 bits per heavy atom. The molecule has 1 aromatic carbocycles. The number of rotatable bonds is 8. The van der Waals surface area contributed by atoms with Crippen LogP contribution in [-0.2, 0) is 26.0 Å². The fourth-order valence-electron chi connectivity index (χ4n) is 4.55. The largest absolute Gasteiger partial charge is 0.490 e. The molecule has 1 aliphatic heterocycles. The highest BCUT2D eigenvalue weighted by molar-refractivity contribution is 7.89. The number of nitrogens with zero attached hydrogens (tertiary/aromatic N) is 2. The number of carboxylic acids is 1. The molecule has 12 heteroatoms. The lowest BCUT2D eigenvalue weighted by Crippen LogP contribution is -2.48. The fourth-order valence-corrected chi connectivity index (χ4v) is 6.24. The average Bonchev–Trinajstić information content (AvgIpc) is 2.85. The van der Waals surface area contributed by atoms with E-state index in [2.05, 4.69) is 19.2 Å². The topological polar surface area (TPSA) is 107 Å². The van der Waals surface area contributed by atoms with Crippen LogP contribution < -0.4 is 5.32 Å². The maximum atomic E-state index is 13.5. The minimum atomic E-state index is -5.08. The number of piperazine rings is 1. The molecule has 0 atom stereocenters. The van der Waals surface area contributed by atoms with Crippen molar-refractivity contribution in [1.82, 2.24) is 14.5 Å². The van der Waals surface area contributed by atoms with Crippen molar-refractivity contribution in [3.05, 3.63) is 29.8 Å². The van der Waals surface area contributed by atoms with Gasteiger partial charge >= 0.3 is 12.1 Å². The molecule has 3 rings (SSSR count). The van der Waals surface area contributed by atoms with Gasteiger partial charge in [-0.15, -0.1) is 0 Å². The van der Waals surface area contributed by atoms with Gasteiger partial charge in [0.15, 0.2) is 0 Å². The summed E-state index contributed by atoms with van der Waals surface area (Å²) in [7, 11) is -3.62. The Bertz CT molecular complexity index is 972. The fraction of sp³-hybridized carbons (Fsp3) is 0.680. The number of sulfonamides is 1. The van der Waals surface area contributed by atoms with E-state index in [1.165, 1.54) is 0 Å². The molecule has 2 aliphatic rings. The summed E-state index contributed by atoms with van der Waals surface area (Å²) in [6.45, 7) is 7.59. The quantitative estimate of drug-likeness (QED) is 0.513. The second-order valence-electron chi connectivity index (χ2n) is 9.83. The van der Waals surface area contributed by atoms with E-state index in [0.717, 1.165) is 57.2 Å². The summed E-state index contributed by atoms with van der Waals surface area (Å²) in [6.07, 6.45) is 1.13. The lowest BCUT2D eigenvalue weighted by atomic mass is 9.95. The average molecular weight is 550 g/mol. The van der Waals surface area contributed by atoms with Gasteiger partial charge in [-0.25, -0.2) is 13.2 Å². The van der Waals surface area contributed by atoms with E-state index in [9.17, 15) is 26.4 Å². The molecule has 37 heavy (non-hydrogen) atoms. The van der Waals surface area contributed by atoms with Gasteiger partial charge in [-0.05, 0) is 42.9 Å². The number of halogens is 3. The van der Waals surface area contributed by atoms with Gasteiger partial charge < -0.3 is 15.3 Å². The summed E-state index contributed by atoms with van der Waals surface area (Å²) >= 11 is 0. The summed E-state index contributed by atoms with van der Waals surface area (Å²) in [5.41, 5.74) is 1.15. The van der Waals surface area contributed by atoms with Crippen molar-refractivity contribution in [2.75, 3.05) is 32.7 Å². The van der Waals surface area contributed by atoms with E-state index in [-0.39, 0.29) is 24.9 Å².